The van der Waals surface area contributed by atoms with Crippen LogP contribution in [0.1, 0.15) is 30.2 Å². The van der Waals surface area contributed by atoms with Crippen LogP contribution < -0.4 is 10.6 Å². The first-order valence-corrected chi connectivity index (χ1v) is 10.7. The van der Waals surface area contributed by atoms with Crippen LogP contribution in [-0.4, -0.2) is 52.8 Å². The molecule has 172 valence electrons. The molecule has 32 heavy (non-hydrogen) atoms. The second-order valence-electron chi connectivity index (χ2n) is 7.23. The Morgan fingerprint density at radius 2 is 1.62 bits per heavy atom. The zero-order valence-corrected chi connectivity index (χ0v) is 18.8. The van der Waals surface area contributed by atoms with Gasteiger partial charge in [-0.25, -0.2) is 4.79 Å². The summed E-state index contributed by atoms with van der Waals surface area (Å²) in [6, 6.07) is 12.5. The molecular formula is C23H28N2O6S. The van der Waals surface area contributed by atoms with Crippen molar-refractivity contribution < 1.29 is 29.3 Å². The van der Waals surface area contributed by atoms with Crippen molar-refractivity contribution in [2.75, 3.05) is 6.61 Å². The minimum Gasteiger partial charge on any atom is -0.508 e. The number of phenolic OH excluding ortho intramolecular Hbond substituents is 1. The van der Waals surface area contributed by atoms with Crippen LogP contribution in [0.3, 0.4) is 0 Å². The Balaban J connectivity index is 2.15. The molecule has 2 amide bonds. The van der Waals surface area contributed by atoms with Crippen molar-refractivity contribution in [3.05, 3.63) is 65.7 Å². The van der Waals surface area contributed by atoms with Crippen molar-refractivity contribution in [1.29, 1.82) is 0 Å². The monoisotopic (exact) mass is 460 g/mol. The molecule has 2 aromatic rings. The number of aromatic hydroxyl groups is 1. The lowest BCUT2D eigenvalue weighted by Crippen LogP contribution is -2.57. The predicted octanol–water partition coefficient (Wildman–Crippen LogP) is 2.08. The maximum Gasteiger partial charge on any atom is 0.326 e. The molecule has 3 unspecified atom stereocenters. The van der Waals surface area contributed by atoms with Crippen molar-refractivity contribution in [2.24, 2.45) is 0 Å². The number of aliphatic carboxylic acids is 1. The summed E-state index contributed by atoms with van der Waals surface area (Å²) in [5.74, 6) is -2.36. The quantitative estimate of drug-likeness (QED) is 0.327. The molecule has 4 atom stereocenters. The fraction of sp³-hybridized carbons (Fsp3) is 0.348. The zero-order valence-electron chi connectivity index (χ0n) is 17.9. The van der Waals surface area contributed by atoms with Gasteiger partial charge in [0.1, 0.15) is 23.1 Å². The number of phenols is 1. The number of carboxylic acids is 1. The predicted molar refractivity (Wildman–Crippen MR) is 123 cm³/mol. The van der Waals surface area contributed by atoms with E-state index in [1.807, 2.05) is 6.07 Å². The smallest absolute Gasteiger partial charge is 0.326 e. The minimum absolute atomic E-state index is 0.00421. The van der Waals surface area contributed by atoms with Crippen molar-refractivity contribution >= 4 is 30.4 Å². The van der Waals surface area contributed by atoms with Gasteiger partial charge in [-0.15, -0.1) is 0 Å². The average molecular weight is 461 g/mol. The number of carbonyl (C=O) groups is 3. The number of hydrogen-bond donors (Lipinski definition) is 5. The van der Waals surface area contributed by atoms with E-state index in [-0.39, 0.29) is 12.2 Å². The Labute approximate surface area is 192 Å². The number of rotatable bonds is 11. The van der Waals surface area contributed by atoms with Gasteiger partial charge >= 0.3 is 5.97 Å². The Kier molecular flexibility index (Phi) is 9.55. The number of benzene rings is 2. The molecule has 0 aromatic heterocycles. The van der Waals surface area contributed by atoms with Gasteiger partial charge in [0.25, 0.3) is 0 Å². The highest BCUT2D eigenvalue weighted by atomic mass is 32.1. The van der Waals surface area contributed by atoms with E-state index >= 15 is 0 Å². The molecular weight excluding hydrogens is 432 g/mol. The van der Waals surface area contributed by atoms with Crippen molar-refractivity contribution in [3.63, 3.8) is 0 Å². The van der Waals surface area contributed by atoms with Crippen LogP contribution in [0.2, 0.25) is 0 Å². The number of hydrogen-bond acceptors (Lipinski definition) is 6. The number of amides is 2. The molecule has 2 aromatic carbocycles. The third-order valence-corrected chi connectivity index (χ3v) is 5.37. The molecule has 0 saturated carbocycles. The number of carboxylic acid groups (broad SMARTS) is 1. The molecule has 0 aliphatic carbocycles. The molecule has 0 radical (unpaired) electrons. The van der Waals surface area contributed by atoms with Crippen molar-refractivity contribution in [2.45, 2.75) is 43.7 Å². The Bertz CT molecular complexity index is 906. The molecule has 9 heteroatoms. The third kappa shape index (κ3) is 7.28. The first-order valence-electron chi connectivity index (χ1n) is 10.2. The molecule has 8 nitrogen and oxygen atoms in total. The lowest BCUT2D eigenvalue weighted by atomic mass is 10.0. The Hall–Kier alpha value is -3.04. The standard InChI is InChI=1S/C23H28N2O6S/c1-3-31-14(2)19(25-22(28)20(32)16-7-5-4-6-8-16)21(27)24-18(23(29)30)13-15-9-11-17(26)12-10-15/h4-12,14,18-20,26,32H,3,13H2,1-2H3,(H,24,27)(H,25,28)(H,29,30)/t14?,18-,19?,20?/m0/s1. The summed E-state index contributed by atoms with van der Waals surface area (Å²) < 4.78 is 5.51. The van der Waals surface area contributed by atoms with Crippen LogP contribution in [-0.2, 0) is 25.5 Å². The molecule has 4 N–H and O–H groups in total. The summed E-state index contributed by atoms with van der Waals surface area (Å²) in [6.07, 6.45) is -0.701. The number of ether oxygens (including phenoxy) is 1. The van der Waals surface area contributed by atoms with Gasteiger partial charge < -0.3 is 25.6 Å². The second-order valence-corrected chi connectivity index (χ2v) is 7.75. The highest BCUT2D eigenvalue weighted by Crippen LogP contribution is 2.20. The van der Waals surface area contributed by atoms with Crippen LogP contribution in [0.15, 0.2) is 54.6 Å². The highest BCUT2D eigenvalue weighted by Gasteiger charge is 2.32. The SMILES string of the molecule is CCOC(C)C(NC(=O)C(S)c1ccccc1)C(=O)N[C@@H](Cc1ccc(O)cc1)C(=O)O. The maximum absolute atomic E-state index is 13.0. The first kappa shape index (κ1) is 25.2. The molecule has 0 fully saturated rings. The van der Waals surface area contributed by atoms with Gasteiger partial charge in [-0.2, -0.15) is 12.6 Å². The van der Waals surface area contributed by atoms with E-state index in [0.29, 0.717) is 17.7 Å². The van der Waals surface area contributed by atoms with Crippen molar-refractivity contribution in [3.8, 4) is 5.75 Å². The van der Waals surface area contributed by atoms with Crippen LogP contribution in [0.4, 0.5) is 0 Å². The van der Waals surface area contributed by atoms with Crippen LogP contribution in [0.25, 0.3) is 0 Å². The average Bonchev–Trinajstić information content (AvgIpc) is 2.78. The normalized spacial score (nSPS) is 14.6. The van der Waals surface area contributed by atoms with Gasteiger partial charge in [0.05, 0.1) is 6.10 Å². The first-order chi connectivity index (χ1) is 15.2. The third-order valence-electron chi connectivity index (χ3n) is 4.83. The van der Waals surface area contributed by atoms with E-state index in [2.05, 4.69) is 23.3 Å². The lowest BCUT2D eigenvalue weighted by molar-refractivity contribution is -0.143. The molecule has 0 bridgehead atoms. The van der Waals surface area contributed by atoms with E-state index in [1.165, 1.54) is 12.1 Å². The van der Waals surface area contributed by atoms with Gasteiger partial charge in [-0.1, -0.05) is 42.5 Å². The van der Waals surface area contributed by atoms with Gasteiger partial charge in [0.2, 0.25) is 11.8 Å². The molecule has 0 saturated heterocycles. The maximum atomic E-state index is 13.0. The molecule has 0 aliphatic heterocycles. The minimum atomic E-state index is -1.24. The summed E-state index contributed by atoms with van der Waals surface area (Å²) in [7, 11) is 0. The van der Waals surface area contributed by atoms with E-state index < -0.39 is 41.2 Å². The summed E-state index contributed by atoms with van der Waals surface area (Å²) in [5, 5.41) is 23.3. The fourth-order valence-corrected chi connectivity index (χ4v) is 3.35. The highest BCUT2D eigenvalue weighted by molar-refractivity contribution is 7.81. The van der Waals surface area contributed by atoms with Crippen LogP contribution in [0.5, 0.6) is 5.75 Å². The Morgan fingerprint density at radius 3 is 2.19 bits per heavy atom. The van der Waals surface area contributed by atoms with Gasteiger partial charge in [0, 0.05) is 13.0 Å². The van der Waals surface area contributed by atoms with Crippen LogP contribution in [0, 0.1) is 0 Å². The van der Waals surface area contributed by atoms with Crippen molar-refractivity contribution in [1.82, 2.24) is 10.6 Å². The van der Waals surface area contributed by atoms with E-state index in [9.17, 15) is 24.6 Å². The largest absolute Gasteiger partial charge is 0.508 e. The van der Waals surface area contributed by atoms with E-state index in [1.54, 1.807) is 50.2 Å². The molecule has 0 heterocycles. The number of nitrogens with one attached hydrogen (secondary N) is 2. The fourth-order valence-electron chi connectivity index (χ4n) is 3.10. The summed E-state index contributed by atoms with van der Waals surface area (Å²) in [6.45, 7) is 3.68. The molecule has 0 spiro atoms. The second kappa shape index (κ2) is 12.1. The Morgan fingerprint density at radius 1 is 1.00 bits per heavy atom. The lowest BCUT2D eigenvalue weighted by Gasteiger charge is -2.27. The molecule has 2 rings (SSSR count). The summed E-state index contributed by atoms with van der Waals surface area (Å²) in [5.41, 5.74) is 1.28. The topological polar surface area (TPSA) is 125 Å². The summed E-state index contributed by atoms with van der Waals surface area (Å²) >= 11 is 4.36. The number of thiol groups is 1. The molecule has 0 aliphatic rings. The van der Waals surface area contributed by atoms with Gasteiger partial charge in [-0.3, -0.25) is 9.59 Å². The van der Waals surface area contributed by atoms with Gasteiger partial charge in [0.15, 0.2) is 0 Å². The zero-order chi connectivity index (χ0) is 23.7. The van der Waals surface area contributed by atoms with E-state index in [4.69, 9.17) is 4.74 Å². The van der Waals surface area contributed by atoms with E-state index in [0.717, 1.165) is 0 Å². The number of carbonyl (C=O) groups excluding carboxylic acids is 2. The van der Waals surface area contributed by atoms with Crippen LogP contribution >= 0.6 is 12.6 Å². The summed E-state index contributed by atoms with van der Waals surface area (Å²) in [4.78, 5) is 37.5. The van der Waals surface area contributed by atoms with Gasteiger partial charge in [-0.05, 0) is 37.1 Å².